The number of hydrogen-bond acceptors (Lipinski definition) is 4. The van der Waals surface area contributed by atoms with Crippen molar-refractivity contribution < 1.29 is 13.2 Å². The number of nitrogens with one attached hydrogen (secondary N) is 2. The van der Waals surface area contributed by atoms with Crippen LogP contribution in [0, 0.1) is 5.92 Å². The van der Waals surface area contributed by atoms with Gasteiger partial charge < -0.3 is 5.32 Å². The van der Waals surface area contributed by atoms with Gasteiger partial charge >= 0.3 is 0 Å². The van der Waals surface area contributed by atoms with Gasteiger partial charge in [-0.05, 0) is 56.0 Å². The summed E-state index contributed by atoms with van der Waals surface area (Å²) in [6.45, 7) is 7.26. The summed E-state index contributed by atoms with van der Waals surface area (Å²) in [5.74, 6) is 0.599. The third kappa shape index (κ3) is 7.17. The molecule has 0 saturated carbocycles. The molecule has 1 aromatic rings. The average Bonchev–Trinajstić information content (AvgIpc) is 2.57. The third-order valence-corrected chi connectivity index (χ3v) is 5.13. The molecule has 1 aliphatic rings. The number of carbonyl (C=O) groups excluding carboxylic acids is 1. The van der Waals surface area contributed by atoms with Gasteiger partial charge in [0, 0.05) is 30.9 Å². The van der Waals surface area contributed by atoms with Crippen molar-refractivity contribution in [3.8, 4) is 0 Å². The molecule has 7 heteroatoms. The van der Waals surface area contributed by atoms with Gasteiger partial charge in [-0.25, -0.2) is 8.42 Å². The molecule has 144 valence electrons. The Morgan fingerprint density at radius 3 is 2.65 bits per heavy atom. The summed E-state index contributed by atoms with van der Waals surface area (Å²) >= 11 is 0. The van der Waals surface area contributed by atoms with Crippen molar-refractivity contribution in [3.63, 3.8) is 0 Å². The summed E-state index contributed by atoms with van der Waals surface area (Å²) in [7, 11) is -3.28. The molecule has 1 saturated heterocycles. The van der Waals surface area contributed by atoms with Crippen LogP contribution in [0.3, 0.4) is 0 Å². The summed E-state index contributed by atoms with van der Waals surface area (Å²) < 4.78 is 24.8. The Labute approximate surface area is 156 Å². The summed E-state index contributed by atoms with van der Waals surface area (Å²) in [4.78, 5) is 14.5. The Morgan fingerprint density at radius 2 is 2.04 bits per heavy atom. The molecule has 0 bridgehead atoms. The van der Waals surface area contributed by atoms with Crippen LogP contribution in [0.15, 0.2) is 30.3 Å². The Bertz CT molecular complexity index is 729. The fourth-order valence-electron chi connectivity index (χ4n) is 3.11. The van der Waals surface area contributed by atoms with E-state index in [0.717, 1.165) is 30.8 Å². The predicted molar refractivity (Wildman–Crippen MR) is 106 cm³/mol. The highest BCUT2D eigenvalue weighted by molar-refractivity contribution is 7.92. The lowest BCUT2D eigenvalue weighted by molar-refractivity contribution is -0.116. The molecule has 1 aliphatic heterocycles. The molecule has 0 aliphatic carbocycles. The predicted octanol–water partition coefficient (Wildman–Crippen LogP) is 2.31. The standard InChI is InChI=1S/C19H29N3O3S/c1-15-5-4-12-22(14-15)16(2)13-20-19(23)11-8-17-6-9-18(10-7-17)21-26(3,24)25/h6-11,15-16,21H,4-5,12-14H2,1-3H3,(H,20,23)/b11-8+. The Hall–Kier alpha value is -1.86. The largest absolute Gasteiger partial charge is 0.351 e. The molecule has 1 heterocycles. The number of hydrogen-bond donors (Lipinski definition) is 2. The quantitative estimate of drug-likeness (QED) is 0.713. The number of rotatable bonds is 7. The summed E-state index contributed by atoms with van der Waals surface area (Å²) in [5, 5.41) is 2.95. The first-order valence-corrected chi connectivity index (χ1v) is 10.9. The van der Waals surface area contributed by atoms with Gasteiger partial charge in [-0.15, -0.1) is 0 Å². The fraction of sp³-hybridized carbons (Fsp3) is 0.526. The molecule has 1 fully saturated rings. The number of benzene rings is 1. The van der Waals surface area contributed by atoms with Crippen molar-refractivity contribution in [3.05, 3.63) is 35.9 Å². The number of piperidine rings is 1. The second-order valence-corrected chi connectivity index (χ2v) is 8.91. The molecule has 1 amide bonds. The van der Waals surface area contributed by atoms with Gasteiger partial charge in [0.15, 0.2) is 0 Å². The maximum atomic E-state index is 12.0. The number of amides is 1. The first-order chi connectivity index (χ1) is 12.2. The van der Waals surface area contributed by atoms with Crippen molar-refractivity contribution in [2.24, 2.45) is 5.92 Å². The number of sulfonamides is 1. The smallest absolute Gasteiger partial charge is 0.244 e. The normalized spacial score (nSPS) is 20.0. The minimum atomic E-state index is -3.28. The molecule has 2 atom stereocenters. The van der Waals surface area contributed by atoms with E-state index in [1.54, 1.807) is 30.3 Å². The molecule has 0 radical (unpaired) electrons. The van der Waals surface area contributed by atoms with Crippen LogP contribution in [0.1, 0.15) is 32.3 Å². The van der Waals surface area contributed by atoms with Crippen molar-refractivity contribution in [2.75, 3.05) is 30.6 Å². The topological polar surface area (TPSA) is 78.5 Å². The SMILES string of the molecule is CC1CCCN(C(C)CNC(=O)/C=C/c2ccc(NS(C)(=O)=O)cc2)C1. The maximum absolute atomic E-state index is 12.0. The molecule has 6 nitrogen and oxygen atoms in total. The molecular weight excluding hydrogens is 350 g/mol. The fourth-order valence-corrected chi connectivity index (χ4v) is 3.67. The van der Waals surface area contributed by atoms with Gasteiger partial charge in [-0.2, -0.15) is 0 Å². The molecule has 1 aromatic carbocycles. The lowest BCUT2D eigenvalue weighted by Gasteiger charge is -2.35. The minimum absolute atomic E-state index is 0.125. The second-order valence-electron chi connectivity index (χ2n) is 7.17. The molecule has 0 aromatic heterocycles. The second kappa shape index (κ2) is 9.19. The summed E-state index contributed by atoms with van der Waals surface area (Å²) in [6, 6.07) is 7.18. The van der Waals surface area contributed by atoms with Crippen LogP contribution in [0.2, 0.25) is 0 Å². The van der Waals surface area contributed by atoms with Crippen LogP contribution < -0.4 is 10.0 Å². The van der Waals surface area contributed by atoms with Crippen LogP contribution >= 0.6 is 0 Å². The number of carbonyl (C=O) groups is 1. The van der Waals surface area contributed by atoms with Crippen molar-refractivity contribution in [1.29, 1.82) is 0 Å². The molecule has 2 N–H and O–H groups in total. The van der Waals surface area contributed by atoms with Crippen LogP contribution in [0.4, 0.5) is 5.69 Å². The van der Waals surface area contributed by atoms with Gasteiger partial charge in [-0.3, -0.25) is 14.4 Å². The first-order valence-electron chi connectivity index (χ1n) is 9.01. The zero-order valence-electron chi connectivity index (χ0n) is 15.7. The van der Waals surface area contributed by atoms with E-state index in [2.05, 4.69) is 28.8 Å². The lowest BCUT2D eigenvalue weighted by atomic mass is 9.99. The highest BCUT2D eigenvalue weighted by Gasteiger charge is 2.20. The van der Waals surface area contributed by atoms with Gasteiger partial charge in [-0.1, -0.05) is 19.1 Å². The number of nitrogens with zero attached hydrogens (tertiary/aromatic N) is 1. The zero-order chi connectivity index (χ0) is 19.2. The van der Waals surface area contributed by atoms with Crippen LogP contribution in [0.25, 0.3) is 6.08 Å². The molecule has 0 spiro atoms. The summed E-state index contributed by atoms with van der Waals surface area (Å²) in [6.07, 6.45) is 6.84. The van der Waals surface area contributed by atoms with E-state index in [1.807, 2.05) is 0 Å². The van der Waals surface area contributed by atoms with Gasteiger partial charge in [0.2, 0.25) is 15.9 Å². The lowest BCUT2D eigenvalue weighted by Crippen LogP contribution is -2.46. The maximum Gasteiger partial charge on any atom is 0.244 e. The van der Waals surface area contributed by atoms with E-state index in [-0.39, 0.29) is 5.91 Å². The van der Waals surface area contributed by atoms with Gasteiger partial charge in [0.25, 0.3) is 0 Å². The van der Waals surface area contributed by atoms with Crippen LogP contribution in [-0.4, -0.2) is 51.2 Å². The molecule has 26 heavy (non-hydrogen) atoms. The van der Waals surface area contributed by atoms with E-state index in [1.165, 1.54) is 18.9 Å². The zero-order valence-corrected chi connectivity index (χ0v) is 16.6. The molecular formula is C19H29N3O3S. The van der Waals surface area contributed by atoms with Crippen LogP contribution in [0.5, 0.6) is 0 Å². The first kappa shape index (κ1) is 20.5. The minimum Gasteiger partial charge on any atom is -0.351 e. The van der Waals surface area contributed by atoms with Crippen LogP contribution in [-0.2, 0) is 14.8 Å². The van der Waals surface area contributed by atoms with E-state index in [0.29, 0.717) is 18.3 Å². The van der Waals surface area contributed by atoms with E-state index < -0.39 is 10.0 Å². The average molecular weight is 380 g/mol. The van der Waals surface area contributed by atoms with Crippen molar-refractivity contribution >= 4 is 27.7 Å². The van der Waals surface area contributed by atoms with E-state index in [4.69, 9.17) is 0 Å². The summed E-state index contributed by atoms with van der Waals surface area (Å²) in [5.41, 5.74) is 1.33. The Kier molecular flexibility index (Phi) is 7.23. The number of anilines is 1. The van der Waals surface area contributed by atoms with Crippen molar-refractivity contribution in [2.45, 2.75) is 32.7 Å². The van der Waals surface area contributed by atoms with Gasteiger partial charge in [0.05, 0.1) is 6.26 Å². The van der Waals surface area contributed by atoms with Crippen molar-refractivity contribution in [1.82, 2.24) is 10.2 Å². The van der Waals surface area contributed by atoms with Gasteiger partial charge in [0.1, 0.15) is 0 Å². The Balaban J connectivity index is 1.79. The Morgan fingerprint density at radius 1 is 1.35 bits per heavy atom. The molecule has 2 rings (SSSR count). The van der Waals surface area contributed by atoms with E-state index >= 15 is 0 Å². The monoisotopic (exact) mass is 379 g/mol. The highest BCUT2D eigenvalue weighted by Crippen LogP contribution is 2.17. The highest BCUT2D eigenvalue weighted by atomic mass is 32.2. The van der Waals surface area contributed by atoms with E-state index in [9.17, 15) is 13.2 Å². The number of likely N-dealkylation sites (tertiary alicyclic amines) is 1. The molecule has 2 unspecified atom stereocenters. The third-order valence-electron chi connectivity index (χ3n) is 4.52.